The first-order chi connectivity index (χ1) is 14.0. The van der Waals surface area contributed by atoms with Crippen LogP contribution in [0.1, 0.15) is 24.2 Å². The highest BCUT2D eigenvalue weighted by Crippen LogP contribution is 2.25. The maximum absolute atomic E-state index is 6.22. The zero-order chi connectivity index (χ0) is 20.4. The molecule has 2 saturated heterocycles. The van der Waals surface area contributed by atoms with E-state index in [1.54, 1.807) is 0 Å². The van der Waals surface area contributed by atoms with Crippen molar-refractivity contribution in [1.82, 2.24) is 9.97 Å². The Labute approximate surface area is 172 Å². The van der Waals surface area contributed by atoms with Gasteiger partial charge in [0.25, 0.3) is 0 Å². The van der Waals surface area contributed by atoms with Crippen molar-refractivity contribution in [2.24, 2.45) is 22.9 Å². The van der Waals surface area contributed by atoms with Crippen molar-refractivity contribution >= 4 is 11.6 Å². The normalized spacial score (nSPS) is 27.9. The van der Waals surface area contributed by atoms with E-state index in [0.29, 0.717) is 6.42 Å². The first kappa shape index (κ1) is 20.0. The minimum Gasteiger partial charge on any atom is -0.353 e. The van der Waals surface area contributed by atoms with Gasteiger partial charge in [0.2, 0.25) is 0 Å². The molecular weight excluding hydrogens is 364 g/mol. The van der Waals surface area contributed by atoms with Gasteiger partial charge in [-0.3, -0.25) is 0 Å². The monoisotopic (exact) mass is 396 g/mol. The Morgan fingerprint density at radius 3 is 1.62 bits per heavy atom. The average molecular weight is 397 g/mol. The predicted octanol–water partition coefficient (Wildman–Crippen LogP) is -0.203. The Hall–Kier alpha value is -2.26. The molecule has 156 valence electrons. The molecule has 0 bridgehead atoms. The van der Waals surface area contributed by atoms with E-state index < -0.39 is 0 Å². The molecule has 0 saturated carbocycles. The minimum atomic E-state index is 0.0477. The molecule has 2 aromatic rings. The Bertz CT molecular complexity index is 749. The molecule has 8 heteroatoms. The standard InChI is InChI=1S/C21H32N8/c22-15-7-16(23)11-28(10-15)20-9-21(29-12-17(24)8-18(25)13-29)27-19(26-20)6-14-4-2-1-3-5-14/h1-5,9,15-18H,6-8,10-13,22-25H2. The molecule has 0 spiro atoms. The summed E-state index contributed by atoms with van der Waals surface area (Å²) in [5.74, 6) is 2.53. The summed E-state index contributed by atoms with van der Waals surface area (Å²) in [7, 11) is 0. The van der Waals surface area contributed by atoms with Gasteiger partial charge in [0, 0.05) is 62.8 Å². The number of hydrogen-bond acceptors (Lipinski definition) is 8. The number of nitrogens with zero attached hydrogens (tertiary/aromatic N) is 4. The van der Waals surface area contributed by atoms with Crippen LogP contribution in [0.25, 0.3) is 0 Å². The molecule has 2 fully saturated rings. The highest BCUT2D eigenvalue weighted by Gasteiger charge is 2.27. The smallest absolute Gasteiger partial charge is 0.137 e. The first-order valence-corrected chi connectivity index (χ1v) is 10.4. The van der Waals surface area contributed by atoms with Crippen LogP contribution in [-0.2, 0) is 6.42 Å². The molecule has 29 heavy (non-hydrogen) atoms. The maximum atomic E-state index is 6.22. The molecule has 8 N–H and O–H groups in total. The highest BCUT2D eigenvalue weighted by molar-refractivity contribution is 5.52. The fourth-order valence-electron chi connectivity index (χ4n) is 4.38. The Morgan fingerprint density at radius 2 is 1.17 bits per heavy atom. The van der Waals surface area contributed by atoms with E-state index in [9.17, 15) is 0 Å². The van der Waals surface area contributed by atoms with Crippen molar-refractivity contribution < 1.29 is 0 Å². The fraction of sp³-hybridized carbons (Fsp3) is 0.524. The summed E-state index contributed by atoms with van der Waals surface area (Å²) >= 11 is 0. The maximum Gasteiger partial charge on any atom is 0.137 e. The van der Waals surface area contributed by atoms with E-state index in [2.05, 4.69) is 21.9 Å². The molecule has 3 heterocycles. The number of piperidine rings is 2. The van der Waals surface area contributed by atoms with Crippen LogP contribution in [0.2, 0.25) is 0 Å². The molecule has 0 radical (unpaired) electrons. The third-order valence-corrected chi connectivity index (χ3v) is 5.63. The largest absolute Gasteiger partial charge is 0.353 e. The summed E-state index contributed by atoms with van der Waals surface area (Å²) in [5, 5.41) is 0. The van der Waals surface area contributed by atoms with Gasteiger partial charge in [0.05, 0.1) is 0 Å². The van der Waals surface area contributed by atoms with Crippen molar-refractivity contribution in [3.8, 4) is 0 Å². The third kappa shape index (κ3) is 5.02. The summed E-state index contributed by atoms with van der Waals surface area (Å²) in [6, 6.07) is 12.5. The zero-order valence-corrected chi connectivity index (χ0v) is 16.8. The number of aromatic nitrogens is 2. The number of hydrogen-bond donors (Lipinski definition) is 4. The van der Waals surface area contributed by atoms with Crippen LogP contribution >= 0.6 is 0 Å². The van der Waals surface area contributed by atoms with Gasteiger partial charge in [-0.2, -0.15) is 0 Å². The van der Waals surface area contributed by atoms with Gasteiger partial charge in [-0.05, 0) is 18.4 Å². The van der Waals surface area contributed by atoms with Crippen molar-refractivity contribution in [3.05, 3.63) is 47.8 Å². The average Bonchev–Trinajstić information content (AvgIpc) is 2.67. The van der Waals surface area contributed by atoms with Crippen molar-refractivity contribution in [1.29, 1.82) is 0 Å². The molecule has 4 atom stereocenters. The Kier molecular flexibility index (Phi) is 5.96. The summed E-state index contributed by atoms with van der Waals surface area (Å²) < 4.78 is 0. The molecule has 1 aromatic heterocycles. The Balaban J connectivity index is 1.67. The summed E-state index contributed by atoms with van der Waals surface area (Å²) in [5.41, 5.74) is 26.1. The van der Waals surface area contributed by atoms with E-state index in [1.165, 1.54) is 5.56 Å². The second kappa shape index (κ2) is 8.62. The molecule has 2 aliphatic rings. The van der Waals surface area contributed by atoms with E-state index in [-0.39, 0.29) is 24.2 Å². The van der Waals surface area contributed by atoms with Crippen LogP contribution < -0.4 is 32.7 Å². The molecule has 1 aromatic carbocycles. The van der Waals surface area contributed by atoms with E-state index >= 15 is 0 Å². The lowest BCUT2D eigenvalue weighted by Gasteiger charge is -2.38. The van der Waals surface area contributed by atoms with Crippen molar-refractivity contribution in [2.45, 2.75) is 43.4 Å². The van der Waals surface area contributed by atoms with Gasteiger partial charge in [0.1, 0.15) is 17.5 Å². The van der Waals surface area contributed by atoms with Gasteiger partial charge in [-0.15, -0.1) is 0 Å². The van der Waals surface area contributed by atoms with Crippen LogP contribution in [0, 0.1) is 0 Å². The van der Waals surface area contributed by atoms with Gasteiger partial charge >= 0.3 is 0 Å². The second-order valence-corrected chi connectivity index (χ2v) is 8.48. The Morgan fingerprint density at radius 1 is 0.724 bits per heavy atom. The highest BCUT2D eigenvalue weighted by atomic mass is 15.3. The van der Waals surface area contributed by atoms with E-state index in [0.717, 1.165) is 56.5 Å². The first-order valence-electron chi connectivity index (χ1n) is 10.4. The SMILES string of the molecule is NC1CC(N)CN(c2cc(N3CC(N)CC(N)C3)nc(Cc3ccccc3)n2)C1. The number of rotatable bonds is 4. The van der Waals surface area contributed by atoms with Crippen LogP contribution in [0.5, 0.6) is 0 Å². The lowest BCUT2D eigenvalue weighted by atomic mass is 10.0. The molecule has 2 aliphatic heterocycles. The lowest BCUT2D eigenvalue weighted by Crippen LogP contribution is -2.53. The predicted molar refractivity (Wildman–Crippen MR) is 117 cm³/mol. The molecule has 0 aliphatic carbocycles. The molecule has 4 unspecified atom stereocenters. The summed E-state index contributed by atoms with van der Waals surface area (Å²) in [4.78, 5) is 14.1. The minimum absolute atomic E-state index is 0.0477. The van der Waals surface area contributed by atoms with Gasteiger partial charge in [-0.1, -0.05) is 30.3 Å². The molecular formula is C21H32N8. The number of anilines is 2. The number of benzene rings is 1. The van der Waals surface area contributed by atoms with E-state index in [4.69, 9.17) is 32.9 Å². The van der Waals surface area contributed by atoms with Gasteiger partial charge in [0.15, 0.2) is 0 Å². The molecule has 4 rings (SSSR count). The molecule has 8 nitrogen and oxygen atoms in total. The van der Waals surface area contributed by atoms with E-state index in [1.807, 2.05) is 24.3 Å². The van der Waals surface area contributed by atoms with Gasteiger partial charge in [-0.25, -0.2) is 9.97 Å². The third-order valence-electron chi connectivity index (χ3n) is 5.63. The zero-order valence-electron chi connectivity index (χ0n) is 16.8. The van der Waals surface area contributed by atoms with Crippen LogP contribution in [0.15, 0.2) is 36.4 Å². The van der Waals surface area contributed by atoms with Crippen molar-refractivity contribution in [2.75, 3.05) is 36.0 Å². The number of nitrogens with two attached hydrogens (primary N) is 4. The van der Waals surface area contributed by atoms with Crippen LogP contribution in [0.3, 0.4) is 0 Å². The van der Waals surface area contributed by atoms with Gasteiger partial charge < -0.3 is 32.7 Å². The molecule has 0 amide bonds. The van der Waals surface area contributed by atoms with Crippen molar-refractivity contribution in [3.63, 3.8) is 0 Å². The summed E-state index contributed by atoms with van der Waals surface area (Å²) in [6.07, 6.45) is 2.34. The van der Waals surface area contributed by atoms with Crippen LogP contribution in [-0.4, -0.2) is 60.3 Å². The topological polar surface area (TPSA) is 136 Å². The lowest BCUT2D eigenvalue weighted by molar-refractivity contribution is 0.445. The van der Waals surface area contributed by atoms with Crippen LogP contribution in [0.4, 0.5) is 11.6 Å². The summed E-state index contributed by atoms with van der Waals surface area (Å²) in [6.45, 7) is 2.98. The fourth-order valence-corrected chi connectivity index (χ4v) is 4.38. The second-order valence-electron chi connectivity index (χ2n) is 8.48. The quantitative estimate of drug-likeness (QED) is 0.558.